The van der Waals surface area contributed by atoms with Crippen molar-refractivity contribution < 1.29 is 9.59 Å². The summed E-state index contributed by atoms with van der Waals surface area (Å²) in [7, 11) is 3.64. The van der Waals surface area contributed by atoms with Crippen LogP contribution in [0.3, 0.4) is 0 Å². The second-order valence-electron chi connectivity index (χ2n) is 5.87. The summed E-state index contributed by atoms with van der Waals surface area (Å²) in [6.45, 7) is 2.40. The molecular formula is C16H20N4O2S. The fraction of sp³-hybridized carbons (Fsp3) is 0.438. The zero-order valence-corrected chi connectivity index (χ0v) is 14.3. The molecule has 7 heteroatoms. The molecule has 1 saturated heterocycles. The minimum absolute atomic E-state index is 0.0149. The number of hydrogen-bond donors (Lipinski definition) is 1. The molecule has 0 spiro atoms. The number of thiophene rings is 1. The predicted octanol–water partition coefficient (Wildman–Crippen LogP) is 1.63. The molecule has 1 N–H and O–H groups in total. The Bertz CT molecular complexity index is 723. The number of aromatic nitrogens is 2. The van der Waals surface area contributed by atoms with Crippen molar-refractivity contribution in [1.82, 2.24) is 20.0 Å². The molecule has 0 aromatic carbocycles. The second kappa shape index (κ2) is 6.16. The number of carbonyl (C=O) groups excluding carboxylic acids is 2. The fourth-order valence-electron chi connectivity index (χ4n) is 2.98. The number of amides is 2. The lowest BCUT2D eigenvalue weighted by molar-refractivity contribution is -0.128. The summed E-state index contributed by atoms with van der Waals surface area (Å²) >= 11 is 1.58. The standard InChI is InChI=1S/C16H20N4O2S/c1-10-11(9-18-20(10)3)8-17-16(22)12-7-14(21)19(2)15(12)13-5-4-6-23-13/h4-6,9,12,15H,7-8H2,1-3H3,(H,17,22)/t12-,15+/m0/s1. The molecule has 0 radical (unpaired) electrons. The molecule has 2 atom stereocenters. The highest BCUT2D eigenvalue weighted by Gasteiger charge is 2.43. The van der Waals surface area contributed by atoms with Crippen LogP contribution in [0, 0.1) is 12.8 Å². The van der Waals surface area contributed by atoms with Crippen molar-refractivity contribution in [1.29, 1.82) is 0 Å². The van der Waals surface area contributed by atoms with Crippen LogP contribution < -0.4 is 5.32 Å². The van der Waals surface area contributed by atoms with Gasteiger partial charge in [0.15, 0.2) is 0 Å². The molecule has 1 aliphatic rings. The van der Waals surface area contributed by atoms with Crippen LogP contribution in [0.15, 0.2) is 23.7 Å². The molecule has 122 valence electrons. The van der Waals surface area contributed by atoms with Gasteiger partial charge in [-0.2, -0.15) is 5.10 Å². The number of hydrogen-bond acceptors (Lipinski definition) is 4. The third-order valence-electron chi connectivity index (χ3n) is 4.55. The summed E-state index contributed by atoms with van der Waals surface area (Å²) in [4.78, 5) is 27.4. The first-order chi connectivity index (χ1) is 11.0. The van der Waals surface area contributed by atoms with E-state index in [1.165, 1.54) is 0 Å². The average molecular weight is 332 g/mol. The number of nitrogens with zero attached hydrogens (tertiary/aromatic N) is 3. The van der Waals surface area contributed by atoms with Gasteiger partial charge >= 0.3 is 0 Å². The topological polar surface area (TPSA) is 67.2 Å². The van der Waals surface area contributed by atoms with E-state index in [-0.39, 0.29) is 30.2 Å². The second-order valence-corrected chi connectivity index (χ2v) is 6.85. The van der Waals surface area contributed by atoms with E-state index in [4.69, 9.17) is 0 Å². The molecule has 6 nitrogen and oxygen atoms in total. The van der Waals surface area contributed by atoms with Gasteiger partial charge < -0.3 is 10.2 Å². The number of rotatable bonds is 4. The summed E-state index contributed by atoms with van der Waals surface area (Å²) in [5, 5.41) is 9.11. The molecule has 0 unspecified atom stereocenters. The van der Waals surface area contributed by atoms with E-state index < -0.39 is 0 Å². The van der Waals surface area contributed by atoms with E-state index in [1.807, 2.05) is 31.5 Å². The van der Waals surface area contributed by atoms with Crippen LogP contribution >= 0.6 is 11.3 Å². The largest absolute Gasteiger partial charge is 0.352 e. The molecule has 3 rings (SSSR count). The van der Waals surface area contributed by atoms with Crippen LogP contribution in [-0.4, -0.2) is 33.5 Å². The molecule has 2 aromatic rings. The van der Waals surface area contributed by atoms with Crippen LogP contribution in [0.1, 0.15) is 28.6 Å². The Balaban J connectivity index is 1.73. The Morgan fingerprint density at radius 2 is 2.26 bits per heavy atom. The maximum Gasteiger partial charge on any atom is 0.226 e. The molecule has 1 fully saturated rings. The van der Waals surface area contributed by atoms with Crippen LogP contribution in [-0.2, 0) is 23.2 Å². The van der Waals surface area contributed by atoms with Crippen molar-refractivity contribution >= 4 is 23.2 Å². The highest BCUT2D eigenvalue weighted by molar-refractivity contribution is 7.10. The lowest BCUT2D eigenvalue weighted by atomic mass is 9.98. The SMILES string of the molecule is Cc1c(CNC(=O)[C@H]2CC(=O)N(C)[C@H]2c2cccs2)cnn1C. The first kappa shape index (κ1) is 15.7. The van der Waals surface area contributed by atoms with Crippen molar-refractivity contribution in [2.45, 2.75) is 25.9 Å². The lowest BCUT2D eigenvalue weighted by Crippen LogP contribution is -2.34. The van der Waals surface area contributed by atoms with Gasteiger partial charge in [0.05, 0.1) is 18.2 Å². The van der Waals surface area contributed by atoms with Crippen molar-refractivity contribution in [2.24, 2.45) is 13.0 Å². The normalized spacial score (nSPS) is 21.0. The molecule has 2 aromatic heterocycles. The van der Waals surface area contributed by atoms with Gasteiger partial charge in [0.1, 0.15) is 0 Å². The van der Waals surface area contributed by atoms with E-state index in [1.54, 1.807) is 34.2 Å². The maximum absolute atomic E-state index is 12.6. The molecule has 1 aliphatic heterocycles. The van der Waals surface area contributed by atoms with Gasteiger partial charge in [-0.15, -0.1) is 11.3 Å². The third-order valence-corrected chi connectivity index (χ3v) is 5.49. The van der Waals surface area contributed by atoms with Gasteiger partial charge in [-0.3, -0.25) is 14.3 Å². The Morgan fingerprint density at radius 3 is 2.87 bits per heavy atom. The fourth-order valence-corrected chi connectivity index (χ4v) is 3.92. The highest BCUT2D eigenvalue weighted by atomic mass is 32.1. The van der Waals surface area contributed by atoms with E-state index in [9.17, 15) is 9.59 Å². The number of likely N-dealkylation sites (tertiary alicyclic amines) is 1. The minimum Gasteiger partial charge on any atom is -0.352 e. The van der Waals surface area contributed by atoms with Gasteiger partial charge in [-0.1, -0.05) is 6.07 Å². The summed E-state index contributed by atoms with van der Waals surface area (Å²) in [5.74, 6) is -0.409. The maximum atomic E-state index is 12.6. The van der Waals surface area contributed by atoms with Crippen LogP contribution in [0.2, 0.25) is 0 Å². The number of nitrogens with one attached hydrogen (secondary N) is 1. The van der Waals surface area contributed by atoms with E-state index >= 15 is 0 Å². The van der Waals surface area contributed by atoms with Crippen molar-refractivity contribution in [3.63, 3.8) is 0 Å². The van der Waals surface area contributed by atoms with Gasteiger partial charge in [0, 0.05) is 43.2 Å². The number of carbonyl (C=O) groups is 2. The monoisotopic (exact) mass is 332 g/mol. The summed E-state index contributed by atoms with van der Waals surface area (Å²) < 4.78 is 1.78. The molecule has 2 amide bonds. The summed E-state index contributed by atoms with van der Waals surface area (Å²) in [6, 6.07) is 3.76. The van der Waals surface area contributed by atoms with Gasteiger partial charge in [-0.05, 0) is 18.4 Å². The van der Waals surface area contributed by atoms with Crippen molar-refractivity contribution in [3.8, 4) is 0 Å². The van der Waals surface area contributed by atoms with E-state index in [2.05, 4.69) is 10.4 Å². The molecular weight excluding hydrogens is 312 g/mol. The summed E-state index contributed by atoms with van der Waals surface area (Å²) in [5.41, 5.74) is 2.02. The molecule has 0 bridgehead atoms. The smallest absolute Gasteiger partial charge is 0.226 e. The lowest BCUT2D eigenvalue weighted by Gasteiger charge is -2.23. The zero-order chi connectivity index (χ0) is 16.6. The molecule has 23 heavy (non-hydrogen) atoms. The minimum atomic E-state index is -0.344. The van der Waals surface area contributed by atoms with E-state index in [0.29, 0.717) is 6.54 Å². The van der Waals surface area contributed by atoms with Crippen LogP contribution in [0.25, 0.3) is 0 Å². The van der Waals surface area contributed by atoms with E-state index in [0.717, 1.165) is 16.1 Å². The molecule has 3 heterocycles. The Kier molecular flexibility index (Phi) is 4.21. The van der Waals surface area contributed by atoms with Gasteiger partial charge in [0.25, 0.3) is 0 Å². The number of aryl methyl sites for hydroxylation is 1. The Hall–Kier alpha value is -2.15. The Labute approximate surface area is 139 Å². The van der Waals surface area contributed by atoms with Gasteiger partial charge in [-0.25, -0.2) is 0 Å². The first-order valence-corrected chi connectivity index (χ1v) is 8.41. The van der Waals surface area contributed by atoms with Crippen molar-refractivity contribution in [2.75, 3.05) is 7.05 Å². The first-order valence-electron chi connectivity index (χ1n) is 7.53. The van der Waals surface area contributed by atoms with Crippen LogP contribution in [0.5, 0.6) is 0 Å². The van der Waals surface area contributed by atoms with Gasteiger partial charge in [0.2, 0.25) is 11.8 Å². The zero-order valence-electron chi connectivity index (χ0n) is 13.4. The predicted molar refractivity (Wildman–Crippen MR) is 87.7 cm³/mol. The molecule has 0 aliphatic carbocycles. The molecule has 0 saturated carbocycles. The third kappa shape index (κ3) is 2.88. The summed E-state index contributed by atoms with van der Waals surface area (Å²) in [6.07, 6.45) is 2.02. The van der Waals surface area contributed by atoms with Crippen LogP contribution in [0.4, 0.5) is 0 Å². The Morgan fingerprint density at radius 1 is 1.48 bits per heavy atom. The highest BCUT2D eigenvalue weighted by Crippen LogP contribution is 2.39. The van der Waals surface area contributed by atoms with Crippen molar-refractivity contribution in [3.05, 3.63) is 39.8 Å². The quantitative estimate of drug-likeness (QED) is 0.925. The average Bonchev–Trinajstić information content (AvgIpc) is 3.22.